The van der Waals surface area contributed by atoms with Crippen molar-refractivity contribution in [3.05, 3.63) is 35.9 Å². The van der Waals surface area contributed by atoms with Crippen LogP contribution >= 0.6 is 34.8 Å². The molecule has 2 heterocycles. The number of ether oxygens (including phenoxy) is 6. The fourth-order valence-corrected chi connectivity index (χ4v) is 3.38. The van der Waals surface area contributed by atoms with E-state index < -0.39 is 58.6 Å². The zero-order valence-electron chi connectivity index (χ0n) is 16.5. The van der Waals surface area contributed by atoms with E-state index in [1.165, 1.54) is 6.92 Å². The first kappa shape index (κ1) is 24.0. The van der Waals surface area contributed by atoms with Crippen LogP contribution in [0.5, 0.6) is 0 Å². The molecular weight excluding hydrogens is 477 g/mol. The summed E-state index contributed by atoms with van der Waals surface area (Å²) in [6, 6.07) is 9.12. The largest absolute Gasteiger partial charge is 0.455 e. The Bertz CT molecular complexity index is 818. The van der Waals surface area contributed by atoms with Crippen molar-refractivity contribution in [1.82, 2.24) is 0 Å². The third kappa shape index (κ3) is 6.00. The molecule has 2 unspecified atom stereocenters. The van der Waals surface area contributed by atoms with E-state index in [9.17, 15) is 9.59 Å². The van der Waals surface area contributed by atoms with E-state index in [-0.39, 0.29) is 6.61 Å². The van der Waals surface area contributed by atoms with E-state index in [0.29, 0.717) is 0 Å². The van der Waals surface area contributed by atoms with Crippen LogP contribution in [0.4, 0.5) is 0 Å². The molecule has 1 N–H and O–H groups in total. The van der Waals surface area contributed by atoms with Gasteiger partial charge in [0.05, 0.1) is 6.61 Å². The van der Waals surface area contributed by atoms with Crippen molar-refractivity contribution >= 4 is 52.6 Å². The summed E-state index contributed by atoms with van der Waals surface area (Å²) in [5.41, 5.74) is 0.739. The summed E-state index contributed by atoms with van der Waals surface area (Å²) in [4.78, 5) is 23.6. The van der Waals surface area contributed by atoms with Gasteiger partial charge in [0.15, 0.2) is 12.4 Å². The second kappa shape index (κ2) is 9.89. The number of carbonyl (C=O) groups excluding carboxylic acids is 2. The monoisotopic (exact) mass is 495 g/mol. The molecule has 0 amide bonds. The van der Waals surface area contributed by atoms with Crippen molar-refractivity contribution in [3.63, 3.8) is 0 Å². The number of hydrogen-bond acceptors (Lipinski definition) is 9. The summed E-state index contributed by atoms with van der Waals surface area (Å²) in [5, 5.41) is 7.82. The number of esters is 2. The third-order valence-corrected chi connectivity index (χ3v) is 4.97. The van der Waals surface area contributed by atoms with Crippen LogP contribution in [0.2, 0.25) is 0 Å². The van der Waals surface area contributed by atoms with Crippen molar-refractivity contribution in [3.8, 4) is 0 Å². The Morgan fingerprint density at radius 3 is 2.19 bits per heavy atom. The number of benzene rings is 1. The topological polar surface area (TPSA) is 113 Å². The summed E-state index contributed by atoms with van der Waals surface area (Å²) in [5.74, 6) is -2.12. The van der Waals surface area contributed by atoms with Crippen LogP contribution in [-0.4, -0.2) is 58.9 Å². The lowest BCUT2D eigenvalue weighted by Gasteiger charge is -2.47. The number of carbonyl (C=O) groups is 2. The summed E-state index contributed by atoms with van der Waals surface area (Å²) < 4.78 is 31.4. The molecule has 12 heteroatoms. The Hall–Kier alpha value is -1.62. The van der Waals surface area contributed by atoms with Crippen LogP contribution in [0.25, 0.3) is 0 Å². The first-order valence-electron chi connectivity index (χ1n) is 9.20. The van der Waals surface area contributed by atoms with Gasteiger partial charge in [-0.05, 0) is 0 Å². The van der Waals surface area contributed by atoms with Crippen LogP contribution in [0.15, 0.2) is 30.3 Å². The van der Waals surface area contributed by atoms with Crippen LogP contribution < -0.4 is 0 Å². The molecule has 2 fully saturated rings. The van der Waals surface area contributed by atoms with E-state index in [1.807, 2.05) is 30.3 Å². The number of hydrogen-bond donors (Lipinski definition) is 1. The maximum absolute atomic E-state index is 11.8. The highest BCUT2D eigenvalue weighted by Gasteiger charge is 2.55. The molecule has 6 atom stereocenters. The van der Waals surface area contributed by atoms with E-state index in [4.69, 9.17) is 68.6 Å². The van der Waals surface area contributed by atoms with Gasteiger partial charge in [0.25, 0.3) is 3.79 Å². The molecule has 1 aromatic rings. The average Bonchev–Trinajstić information content (AvgIpc) is 2.69. The Morgan fingerprint density at radius 2 is 1.61 bits per heavy atom. The molecular formula is C19H20Cl3NO8. The van der Waals surface area contributed by atoms with Crippen LogP contribution in [0.1, 0.15) is 25.7 Å². The van der Waals surface area contributed by atoms with Gasteiger partial charge >= 0.3 is 11.9 Å². The maximum Gasteiger partial charge on any atom is 0.303 e. The maximum atomic E-state index is 11.8. The molecule has 0 saturated carbocycles. The number of fused-ring (bicyclic) bond motifs is 1. The van der Waals surface area contributed by atoms with E-state index in [0.717, 1.165) is 12.5 Å². The van der Waals surface area contributed by atoms with Gasteiger partial charge in [-0.1, -0.05) is 65.1 Å². The molecule has 0 bridgehead atoms. The number of halogens is 3. The summed E-state index contributed by atoms with van der Waals surface area (Å²) in [6.07, 6.45) is -6.27. The standard InChI is InChI=1S/C19H20Cl3NO8/c1-9(24)27-14-13-12(8-26-16(30-13)11-6-4-3-5-7-11)29-17(15(14)28-10(2)25)31-18(23)19(20,21)22/h3-7,12-17,23H,8H2,1-2H3/t12-,13-,14+,15-,16?,17?/m1/s1. The normalized spacial score (nSPS) is 30.6. The van der Waals surface area contributed by atoms with Gasteiger partial charge in [0, 0.05) is 19.4 Å². The molecule has 0 radical (unpaired) electrons. The molecule has 2 aliphatic rings. The third-order valence-electron chi connectivity index (χ3n) is 4.45. The Kier molecular flexibility index (Phi) is 7.67. The molecule has 31 heavy (non-hydrogen) atoms. The SMILES string of the molecule is CC(=O)O[C@H]1[C@@H]2OC(c3ccccc3)OC[C@H]2OC(OC(=N)C(Cl)(Cl)Cl)[C@@H]1OC(C)=O. The molecule has 0 spiro atoms. The van der Waals surface area contributed by atoms with Gasteiger partial charge in [-0.2, -0.15) is 0 Å². The first-order valence-corrected chi connectivity index (χ1v) is 10.3. The minimum absolute atomic E-state index is 0.0374. The highest BCUT2D eigenvalue weighted by Crippen LogP contribution is 2.38. The zero-order valence-corrected chi connectivity index (χ0v) is 18.7. The second-order valence-electron chi connectivity index (χ2n) is 6.81. The molecule has 0 aliphatic carbocycles. The van der Waals surface area contributed by atoms with Crippen molar-refractivity contribution in [2.45, 2.75) is 54.6 Å². The van der Waals surface area contributed by atoms with Crippen LogP contribution in [0.3, 0.4) is 0 Å². The van der Waals surface area contributed by atoms with Gasteiger partial charge in [0.2, 0.25) is 18.3 Å². The number of alkyl halides is 3. The average molecular weight is 497 g/mol. The lowest BCUT2D eigenvalue weighted by atomic mass is 9.97. The summed E-state index contributed by atoms with van der Waals surface area (Å²) >= 11 is 17.1. The minimum atomic E-state index is -2.18. The Balaban J connectivity index is 1.89. The predicted molar refractivity (Wildman–Crippen MR) is 109 cm³/mol. The molecule has 0 aromatic heterocycles. The first-order chi connectivity index (χ1) is 14.6. The van der Waals surface area contributed by atoms with Crippen molar-refractivity contribution < 1.29 is 38.0 Å². The predicted octanol–water partition coefficient (Wildman–Crippen LogP) is 3.05. The summed E-state index contributed by atoms with van der Waals surface area (Å²) in [6.45, 7) is 2.39. The lowest BCUT2D eigenvalue weighted by Crippen LogP contribution is -2.64. The molecule has 2 aliphatic heterocycles. The van der Waals surface area contributed by atoms with Gasteiger partial charge in [-0.15, -0.1) is 0 Å². The van der Waals surface area contributed by atoms with Crippen molar-refractivity contribution in [2.24, 2.45) is 0 Å². The minimum Gasteiger partial charge on any atom is -0.455 e. The molecule has 2 saturated heterocycles. The highest BCUT2D eigenvalue weighted by atomic mass is 35.6. The smallest absolute Gasteiger partial charge is 0.303 e. The molecule has 1 aromatic carbocycles. The zero-order chi connectivity index (χ0) is 22.8. The van der Waals surface area contributed by atoms with Crippen molar-refractivity contribution in [2.75, 3.05) is 6.61 Å². The number of rotatable bonds is 4. The Labute approximate surface area is 193 Å². The fraction of sp³-hybridized carbons (Fsp3) is 0.526. The van der Waals surface area contributed by atoms with Gasteiger partial charge in [-0.25, -0.2) is 0 Å². The lowest BCUT2D eigenvalue weighted by molar-refractivity contribution is -0.353. The summed E-state index contributed by atoms with van der Waals surface area (Å²) in [7, 11) is 0. The quantitative estimate of drug-likeness (QED) is 0.293. The highest BCUT2D eigenvalue weighted by molar-refractivity contribution is 6.76. The van der Waals surface area contributed by atoms with Crippen LogP contribution in [-0.2, 0) is 38.0 Å². The van der Waals surface area contributed by atoms with E-state index in [2.05, 4.69) is 0 Å². The molecule has 9 nitrogen and oxygen atoms in total. The Morgan fingerprint density at radius 1 is 1.00 bits per heavy atom. The van der Waals surface area contributed by atoms with E-state index >= 15 is 0 Å². The number of nitrogens with one attached hydrogen (secondary N) is 1. The second-order valence-corrected chi connectivity index (χ2v) is 9.09. The molecule has 3 rings (SSSR count). The van der Waals surface area contributed by atoms with Crippen molar-refractivity contribution in [1.29, 1.82) is 5.41 Å². The van der Waals surface area contributed by atoms with Gasteiger partial charge in [-0.3, -0.25) is 15.0 Å². The van der Waals surface area contributed by atoms with Gasteiger partial charge < -0.3 is 28.4 Å². The molecule has 170 valence electrons. The van der Waals surface area contributed by atoms with Gasteiger partial charge in [0.1, 0.15) is 12.2 Å². The fourth-order valence-electron chi connectivity index (χ4n) is 3.25. The van der Waals surface area contributed by atoms with E-state index in [1.54, 1.807) is 0 Å². The van der Waals surface area contributed by atoms with Crippen LogP contribution in [0, 0.1) is 5.41 Å².